The molecule has 0 aliphatic rings. The molecule has 6 heteroatoms. The number of azide groups is 1. The van der Waals surface area contributed by atoms with Gasteiger partial charge in [0.25, 0.3) is 0 Å². The van der Waals surface area contributed by atoms with Crippen molar-refractivity contribution in [3.63, 3.8) is 0 Å². The zero-order chi connectivity index (χ0) is 12.0. The molecule has 0 fully saturated rings. The number of nitrogens with zero attached hydrogens (tertiary/aromatic N) is 3. The minimum Gasteiger partial charge on any atom is -0.396 e. The number of anilines is 1. The Hall–Kier alpha value is -2.04. The molecule has 6 nitrogen and oxygen atoms in total. The maximum absolute atomic E-state index is 10.8. The SMILES string of the molecule is CC(=O)Nc1ccc(C(CO)N=[N+]=[N-])cc1. The Kier molecular flexibility index (Phi) is 4.32. The highest BCUT2D eigenvalue weighted by molar-refractivity contribution is 5.88. The lowest BCUT2D eigenvalue weighted by Gasteiger charge is -2.08. The molecular formula is C10H12N4O2. The molecule has 1 amide bonds. The summed E-state index contributed by atoms with van der Waals surface area (Å²) in [7, 11) is 0. The lowest BCUT2D eigenvalue weighted by molar-refractivity contribution is -0.114. The third kappa shape index (κ3) is 3.27. The van der Waals surface area contributed by atoms with E-state index in [0.717, 1.165) is 0 Å². The first-order valence-electron chi connectivity index (χ1n) is 4.70. The summed E-state index contributed by atoms with van der Waals surface area (Å²) in [4.78, 5) is 13.4. The van der Waals surface area contributed by atoms with E-state index in [1.54, 1.807) is 24.3 Å². The van der Waals surface area contributed by atoms with Gasteiger partial charge < -0.3 is 10.4 Å². The first kappa shape index (κ1) is 12.0. The Labute approximate surface area is 92.5 Å². The zero-order valence-electron chi connectivity index (χ0n) is 8.79. The summed E-state index contributed by atoms with van der Waals surface area (Å²) in [6.45, 7) is 1.17. The summed E-state index contributed by atoms with van der Waals surface area (Å²) in [5.41, 5.74) is 9.66. The van der Waals surface area contributed by atoms with E-state index in [4.69, 9.17) is 10.6 Å². The first-order valence-corrected chi connectivity index (χ1v) is 4.70. The van der Waals surface area contributed by atoms with Crippen molar-refractivity contribution in [2.75, 3.05) is 11.9 Å². The van der Waals surface area contributed by atoms with Gasteiger partial charge in [-0.25, -0.2) is 0 Å². The zero-order valence-corrected chi connectivity index (χ0v) is 8.79. The number of hydrogen-bond donors (Lipinski definition) is 2. The van der Waals surface area contributed by atoms with Crippen LogP contribution in [0.3, 0.4) is 0 Å². The summed E-state index contributed by atoms with van der Waals surface area (Å²) >= 11 is 0. The summed E-state index contributed by atoms with van der Waals surface area (Å²) in [5, 5.41) is 15.1. The number of rotatable bonds is 4. The van der Waals surface area contributed by atoms with Crippen molar-refractivity contribution < 1.29 is 9.90 Å². The van der Waals surface area contributed by atoms with E-state index >= 15 is 0 Å². The van der Waals surface area contributed by atoms with Crippen LogP contribution in [0.15, 0.2) is 29.4 Å². The van der Waals surface area contributed by atoms with Crippen LogP contribution in [0.4, 0.5) is 5.69 Å². The van der Waals surface area contributed by atoms with Crippen LogP contribution >= 0.6 is 0 Å². The van der Waals surface area contributed by atoms with Crippen molar-refractivity contribution in [3.8, 4) is 0 Å². The van der Waals surface area contributed by atoms with Crippen LogP contribution in [0.25, 0.3) is 10.4 Å². The lowest BCUT2D eigenvalue weighted by Crippen LogP contribution is -2.06. The largest absolute Gasteiger partial charge is 0.396 e. The molecule has 0 saturated heterocycles. The van der Waals surface area contributed by atoms with Crippen molar-refractivity contribution in [1.29, 1.82) is 0 Å². The van der Waals surface area contributed by atoms with Crippen molar-refractivity contribution in [3.05, 3.63) is 40.3 Å². The van der Waals surface area contributed by atoms with Gasteiger partial charge in [-0.15, -0.1) is 0 Å². The van der Waals surface area contributed by atoms with Gasteiger partial charge in [0.1, 0.15) is 0 Å². The van der Waals surface area contributed by atoms with Gasteiger partial charge in [-0.1, -0.05) is 17.2 Å². The van der Waals surface area contributed by atoms with Crippen molar-refractivity contribution in [2.24, 2.45) is 5.11 Å². The van der Waals surface area contributed by atoms with Crippen LogP contribution in [-0.2, 0) is 4.79 Å². The molecule has 1 aromatic rings. The third-order valence-electron chi connectivity index (χ3n) is 1.98. The van der Waals surface area contributed by atoms with Crippen molar-refractivity contribution in [1.82, 2.24) is 0 Å². The predicted octanol–water partition coefficient (Wildman–Crippen LogP) is 1.99. The molecule has 0 aliphatic heterocycles. The van der Waals surface area contributed by atoms with Gasteiger partial charge in [0.05, 0.1) is 12.6 Å². The van der Waals surface area contributed by atoms with Crippen LogP contribution in [0.2, 0.25) is 0 Å². The molecule has 1 atom stereocenters. The van der Waals surface area contributed by atoms with Crippen LogP contribution < -0.4 is 5.32 Å². The van der Waals surface area contributed by atoms with Gasteiger partial charge in [0, 0.05) is 17.5 Å². The fourth-order valence-corrected chi connectivity index (χ4v) is 1.26. The van der Waals surface area contributed by atoms with Gasteiger partial charge in [0.2, 0.25) is 5.91 Å². The Morgan fingerprint density at radius 2 is 2.19 bits per heavy atom. The normalized spacial score (nSPS) is 11.4. The van der Waals surface area contributed by atoms with E-state index in [-0.39, 0.29) is 12.5 Å². The standard InChI is InChI=1S/C10H12N4O2/c1-7(16)12-9-4-2-8(3-5-9)10(6-15)13-14-11/h2-5,10,15H,6H2,1H3,(H,12,16). The van der Waals surface area contributed by atoms with E-state index in [1.165, 1.54) is 6.92 Å². The van der Waals surface area contributed by atoms with E-state index in [9.17, 15) is 4.79 Å². The summed E-state index contributed by atoms with van der Waals surface area (Å²) in [6, 6.07) is 6.18. The molecule has 16 heavy (non-hydrogen) atoms. The van der Waals surface area contributed by atoms with Crippen LogP contribution in [0.5, 0.6) is 0 Å². The Morgan fingerprint density at radius 1 is 1.56 bits per heavy atom. The van der Waals surface area contributed by atoms with Gasteiger partial charge in [-0.2, -0.15) is 0 Å². The second-order valence-electron chi connectivity index (χ2n) is 3.21. The summed E-state index contributed by atoms with van der Waals surface area (Å²) in [5.74, 6) is -0.151. The van der Waals surface area contributed by atoms with Crippen LogP contribution in [-0.4, -0.2) is 17.6 Å². The Balaban J connectivity index is 2.84. The maximum Gasteiger partial charge on any atom is 0.221 e. The number of benzene rings is 1. The quantitative estimate of drug-likeness (QED) is 0.460. The number of carbonyl (C=O) groups excluding carboxylic acids is 1. The highest BCUT2D eigenvalue weighted by atomic mass is 16.3. The number of nitrogens with one attached hydrogen (secondary N) is 1. The summed E-state index contributed by atoms with van der Waals surface area (Å²) in [6.07, 6.45) is 0. The molecule has 0 aliphatic carbocycles. The van der Waals surface area contributed by atoms with E-state index < -0.39 is 6.04 Å². The molecule has 0 saturated carbocycles. The first-order chi connectivity index (χ1) is 7.67. The average Bonchev–Trinajstić information content (AvgIpc) is 2.26. The van der Waals surface area contributed by atoms with Crippen molar-refractivity contribution >= 4 is 11.6 Å². The smallest absolute Gasteiger partial charge is 0.221 e. The highest BCUT2D eigenvalue weighted by Gasteiger charge is 2.07. The lowest BCUT2D eigenvalue weighted by atomic mass is 10.1. The second-order valence-corrected chi connectivity index (χ2v) is 3.21. The molecule has 1 rings (SSSR count). The minimum absolute atomic E-state index is 0.151. The molecule has 0 radical (unpaired) electrons. The van der Waals surface area contributed by atoms with Gasteiger partial charge in [-0.05, 0) is 23.2 Å². The molecule has 1 unspecified atom stereocenters. The fraction of sp³-hybridized carbons (Fsp3) is 0.300. The third-order valence-corrected chi connectivity index (χ3v) is 1.98. The number of carbonyl (C=O) groups is 1. The van der Waals surface area contributed by atoms with Gasteiger partial charge in [0.15, 0.2) is 0 Å². The molecule has 84 valence electrons. The molecule has 0 spiro atoms. The number of amides is 1. The number of aliphatic hydroxyl groups excluding tert-OH is 1. The molecule has 0 aromatic heterocycles. The predicted molar refractivity (Wildman–Crippen MR) is 59.7 cm³/mol. The topological polar surface area (TPSA) is 98.1 Å². The average molecular weight is 220 g/mol. The van der Waals surface area contributed by atoms with E-state index in [2.05, 4.69) is 15.3 Å². The fourth-order valence-electron chi connectivity index (χ4n) is 1.26. The summed E-state index contributed by atoms with van der Waals surface area (Å²) < 4.78 is 0. The minimum atomic E-state index is -0.587. The van der Waals surface area contributed by atoms with Crippen LogP contribution in [0, 0.1) is 0 Å². The number of hydrogen-bond acceptors (Lipinski definition) is 3. The van der Waals surface area contributed by atoms with Gasteiger partial charge >= 0.3 is 0 Å². The molecule has 2 N–H and O–H groups in total. The molecule has 1 aromatic carbocycles. The highest BCUT2D eigenvalue weighted by Crippen LogP contribution is 2.19. The molecule has 0 bridgehead atoms. The second kappa shape index (κ2) is 5.75. The van der Waals surface area contributed by atoms with Crippen molar-refractivity contribution in [2.45, 2.75) is 13.0 Å². The maximum atomic E-state index is 10.8. The Bertz CT molecular complexity index is 409. The van der Waals surface area contributed by atoms with Crippen LogP contribution in [0.1, 0.15) is 18.5 Å². The Morgan fingerprint density at radius 3 is 2.62 bits per heavy atom. The van der Waals surface area contributed by atoms with E-state index in [1.807, 2.05) is 0 Å². The van der Waals surface area contributed by atoms with Gasteiger partial charge in [-0.3, -0.25) is 4.79 Å². The molecular weight excluding hydrogens is 208 g/mol. The molecule has 0 heterocycles. The number of aliphatic hydroxyl groups is 1. The monoisotopic (exact) mass is 220 g/mol. The van der Waals surface area contributed by atoms with E-state index in [0.29, 0.717) is 11.3 Å².